The molecule has 0 aliphatic carbocycles. The van der Waals surface area contributed by atoms with Crippen molar-refractivity contribution in [2.45, 2.75) is 39.0 Å². The third kappa shape index (κ3) is 9.41. The van der Waals surface area contributed by atoms with E-state index in [1.807, 2.05) is 0 Å². The maximum absolute atomic E-state index is 3.73. The van der Waals surface area contributed by atoms with Crippen molar-refractivity contribution in [3.8, 4) is 0 Å². The molecule has 0 aromatic rings. The molecule has 1 nitrogen and oxygen atoms in total. The zero-order valence-electron chi connectivity index (χ0n) is 7.55. The topological polar surface area (TPSA) is 12.4 Å². The molecule has 0 heterocycles. The van der Waals surface area contributed by atoms with Gasteiger partial charge < -0.3 is 0 Å². The Morgan fingerprint density at radius 2 is 2.00 bits per heavy atom. The highest BCUT2D eigenvalue weighted by Gasteiger charge is 1.83. The Hall–Kier alpha value is -0.590. The van der Waals surface area contributed by atoms with Gasteiger partial charge in [0.25, 0.3) is 0 Å². The summed E-state index contributed by atoms with van der Waals surface area (Å²) in [7, 11) is 0. The van der Waals surface area contributed by atoms with Crippen LogP contribution in [0.1, 0.15) is 39.0 Å². The van der Waals surface area contributed by atoms with Crippen LogP contribution in [0.25, 0.3) is 0 Å². The SMILES string of the molecule is C=NC/C=C\CCCCCC. The van der Waals surface area contributed by atoms with E-state index in [0.29, 0.717) is 0 Å². The van der Waals surface area contributed by atoms with Gasteiger partial charge in [-0.2, -0.15) is 0 Å². The van der Waals surface area contributed by atoms with Gasteiger partial charge in [0.1, 0.15) is 0 Å². The van der Waals surface area contributed by atoms with Gasteiger partial charge in [0.15, 0.2) is 0 Å². The maximum Gasteiger partial charge on any atom is 0.0563 e. The fourth-order valence-corrected chi connectivity index (χ4v) is 0.956. The summed E-state index contributed by atoms with van der Waals surface area (Å²) in [6, 6.07) is 0. The summed E-state index contributed by atoms with van der Waals surface area (Å²) in [5, 5.41) is 0. The lowest BCUT2D eigenvalue weighted by Gasteiger charge is -1.93. The molecule has 0 aromatic heterocycles. The summed E-state index contributed by atoms with van der Waals surface area (Å²) in [5.74, 6) is 0. The molecule has 0 saturated heterocycles. The molecule has 1 heteroatoms. The van der Waals surface area contributed by atoms with E-state index in [-0.39, 0.29) is 0 Å². The average molecular weight is 153 g/mol. The first-order chi connectivity index (χ1) is 5.41. The van der Waals surface area contributed by atoms with Gasteiger partial charge in [-0.15, -0.1) is 0 Å². The molecule has 0 fully saturated rings. The van der Waals surface area contributed by atoms with E-state index in [0.717, 1.165) is 6.54 Å². The summed E-state index contributed by atoms with van der Waals surface area (Å²) in [6.07, 6.45) is 10.9. The second-order valence-corrected chi connectivity index (χ2v) is 2.73. The zero-order chi connectivity index (χ0) is 8.36. The van der Waals surface area contributed by atoms with Crippen molar-refractivity contribution in [2.24, 2.45) is 4.99 Å². The Morgan fingerprint density at radius 3 is 2.64 bits per heavy atom. The molecule has 0 N–H and O–H groups in total. The number of aliphatic imine (C=N–C) groups is 1. The molecule has 0 unspecified atom stereocenters. The van der Waals surface area contributed by atoms with Gasteiger partial charge in [-0.05, 0) is 19.6 Å². The van der Waals surface area contributed by atoms with Crippen LogP contribution >= 0.6 is 0 Å². The van der Waals surface area contributed by atoms with Crippen molar-refractivity contribution in [1.29, 1.82) is 0 Å². The van der Waals surface area contributed by atoms with Crippen molar-refractivity contribution in [2.75, 3.05) is 6.54 Å². The zero-order valence-corrected chi connectivity index (χ0v) is 7.55. The Kier molecular flexibility index (Phi) is 8.91. The predicted molar refractivity (Wildman–Crippen MR) is 52.3 cm³/mol. The number of hydrogen-bond acceptors (Lipinski definition) is 1. The molecule has 0 saturated carbocycles. The van der Waals surface area contributed by atoms with Crippen molar-refractivity contribution in [1.82, 2.24) is 0 Å². The Morgan fingerprint density at radius 1 is 1.18 bits per heavy atom. The number of allylic oxidation sites excluding steroid dienone is 1. The fourth-order valence-electron chi connectivity index (χ4n) is 0.956. The summed E-state index contributed by atoms with van der Waals surface area (Å²) in [5.41, 5.74) is 0. The maximum atomic E-state index is 3.73. The third-order valence-corrected chi connectivity index (χ3v) is 1.63. The van der Waals surface area contributed by atoms with E-state index in [9.17, 15) is 0 Å². The third-order valence-electron chi connectivity index (χ3n) is 1.63. The molecule has 0 aliphatic rings. The summed E-state index contributed by atoms with van der Waals surface area (Å²) >= 11 is 0. The van der Waals surface area contributed by atoms with E-state index in [4.69, 9.17) is 0 Å². The van der Waals surface area contributed by atoms with E-state index in [1.54, 1.807) is 0 Å². The second-order valence-electron chi connectivity index (χ2n) is 2.73. The van der Waals surface area contributed by atoms with E-state index in [2.05, 4.69) is 30.8 Å². The van der Waals surface area contributed by atoms with Crippen molar-refractivity contribution in [3.63, 3.8) is 0 Å². The second kappa shape index (κ2) is 9.41. The van der Waals surface area contributed by atoms with Crippen LogP contribution in [-0.2, 0) is 0 Å². The molecule has 0 bridgehead atoms. The van der Waals surface area contributed by atoms with Crippen LogP contribution in [-0.4, -0.2) is 13.3 Å². The highest BCUT2D eigenvalue weighted by molar-refractivity contribution is 5.23. The Labute approximate surface area is 70.2 Å². The van der Waals surface area contributed by atoms with E-state index < -0.39 is 0 Å². The van der Waals surface area contributed by atoms with E-state index >= 15 is 0 Å². The van der Waals surface area contributed by atoms with Gasteiger partial charge >= 0.3 is 0 Å². The highest BCUT2D eigenvalue weighted by atomic mass is 14.6. The number of rotatable bonds is 7. The van der Waals surface area contributed by atoms with Crippen LogP contribution < -0.4 is 0 Å². The molecule has 0 rings (SSSR count). The van der Waals surface area contributed by atoms with Crippen LogP contribution in [0.2, 0.25) is 0 Å². The molecule has 0 amide bonds. The van der Waals surface area contributed by atoms with Gasteiger partial charge in [-0.3, -0.25) is 4.99 Å². The van der Waals surface area contributed by atoms with Crippen LogP contribution in [0.15, 0.2) is 17.1 Å². The molecular formula is C10H19N. The monoisotopic (exact) mass is 153 g/mol. The number of hydrogen-bond donors (Lipinski definition) is 0. The van der Waals surface area contributed by atoms with E-state index in [1.165, 1.54) is 32.1 Å². The van der Waals surface area contributed by atoms with Gasteiger partial charge in [-0.25, -0.2) is 0 Å². The van der Waals surface area contributed by atoms with Gasteiger partial charge in [0, 0.05) is 0 Å². The van der Waals surface area contributed by atoms with Crippen LogP contribution in [0.3, 0.4) is 0 Å². The van der Waals surface area contributed by atoms with Crippen molar-refractivity contribution in [3.05, 3.63) is 12.2 Å². The molecule has 11 heavy (non-hydrogen) atoms. The lowest BCUT2D eigenvalue weighted by atomic mass is 10.1. The van der Waals surface area contributed by atoms with Gasteiger partial charge in [0.05, 0.1) is 6.54 Å². The smallest absolute Gasteiger partial charge is 0.0563 e. The largest absolute Gasteiger partial charge is 0.297 e. The first-order valence-electron chi connectivity index (χ1n) is 4.49. The summed E-state index contributed by atoms with van der Waals surface area (Å²) < 4.78 is 0. The molecule has 0 radical (unpaired) electrons. The first-order valence-corrected chi connectivity index (χ1v) is 4.49. The first kappa shape index (κ1) is 10.4. The lowest BCUT2D eigenvalue weighted by Crippen LogP contribution is -1.74. The van der Waals surface area contributed by atoms with Gasteiger partial charge in [0.2, 0.25) is 0 Å². The molecule has 0 spiro atoms. The average Bonchev–Trinajstić information content (AvgIpc) is 2.03. The van der Waals surface area contributed by atoms with Crippen LogP contribution in [0.5, 0.6) is 0 Å². The Balaban J connectivity index is 2.94. The minimum Gasteiger partial charge on any atom is -0.297 e. The van der Waals surface area contributed by atoms with Crippen LogP contribution in [0.4, 0.5) is 0 Å². The van der Waals surface area contributed by atoms with Crippen LogP contribution in [0, 0.1) is 0 Å². The minimum atomic E-state index is 0.772. The summed E-state index contributed by atoms with van der Waals surface area (Å²) in [6.45, 7) is 6.41. The number of unbranched alkanes of at least 4 members (excludes halogenated alkanes) is 4. The normalized spacial score (nSPS) is 10.6. The standard InChI is InChI=1S/C10H19N/c1-3-4-5-6-7-8-9-10-11-2/h8-9H,2-7,10H2,1H3/b9-8-. The number of nitrogens with zero attached hydrogens (tertiary/aromatic N) is 1. The molecule has 0 aliphatic heterocycles. The molecule has 64 valence electrons. The lowest BCUT2D eigenvalue weighted by molar-refractivity contribution is 0.674. The summed E-state index contributed by atoms with van der Waals surface area (Å²) in [4.78, 5) is 3.73. The van der Waals surface area contributed by atoms with Crippen molar-refractivity contribution < 1.29 is 0 Å². The van der Waals surface area contributed by atoms with Crippen molar-refractivity contribution >= 4 is 6.72 Å². The predicted octanol–water partition coefficient (Wildman–Crippen LogP) is 3.21. The molecular weight excluding hydrogens is 134 g/mol. The fraction of sp³-hybridized carbons (Fsp3) is 0.700. The van der Waals surface area contributed by atoms with Gasteiger partial charge in [-0.1, -0.05) is 38.3 Å². The molecule has 0 atom stereocenters. The highest BCUT2D eigenvalue weighted by Crippen LogP contribution is 2.02. The minimum absolute atomic E-state index is 0.772. The quantitative estimate of drug-likeness (QED) is 0.302. The Bertz CT molecular complexity index is 105. The molecule has 0 aromatic carbocycles.